The smallest absolute Gasteiger partial charge is 0.246 e. The van der Waals surface area contributed by atoms with Crippen molar-refractivity contribution in [2.75, 3.05) is 35.4 Å². The molecule has 0 fully saturated rings. The summed E-state index contributed by atoms with van der Waals surface area (Å²) in [4.78, 5) is 18.7. The Bertz CT molecular complexity index is 1260. The molecule has 34 heavy (non-hydrogen) atoms. The van der Waals surface area contributed by atoms with Crippen LogP contribution < -0.4 is 9.47 Å². The van der Waals surface area contributed by atoms with Crippen LogP contribution in [0.15, 0.2) is 51.9 Å². The van der Waals surface area contributed by atoms with Gasteiger partial charge in [-0.05, 0) is 42.3 Å². The molecule has 0 spiro atoms. The first kappa shape index (κ1) is 25.2. The lowest BCUT2D eigenvalue weighted by atomic mass is 10.1. The lowest BCUT2D eigenvalue weighted by Crippen LogP contribution is -2.26. The molecule has 1 aromatic heterocycles. The lowest BCUT2D eigenvalue weighted by Gasteiger charge is -2.17. The SMILES string of the molecule is COc1cccc(-c2noc(CN(C)C(=O)CCc3cc(S(=O)(=O)N(C)C)ccc3OC)n2)c1. The minimum atomic E-state index is -3.60. The summed E-state index contributed by atoms with van der Waals surface area (Å²) >= 11 is 0. The lowest BCUT2D eigenvalue weighted by molar-refractivity contribution is -0.130. The van der Waals surface area contributed by atoms with Crippen LogP contribution in [0.1, 0.15) is 17.9 Å². The van der Waals surface area contributed by atoms with Crippen molar-refractivity contribution in [1.82, 2.24) is 19.3 Å². The van der Waals surface area contributed by atoms with Crippen LogP contribution in [-0.4, -0.2) is 69.0 Å². The first-order valence-corrected chi connectivity index (χ1v) is 11.9. The highest BCUT2D eigenvalue weighted by atomic mass is 32.2. The predicted molar refractivity (Wildman–Crippen MR) is 125 cm³/mol. The van der Waals surface area contributed by atoms with E-state index < -0.39 is 10.0 Å². The molecule has 182 valence electrons. The van der Waals surface area contributed by atoms with Crippen LogP contribution in [0.5, 0.6) is 11.5 Å². The van der Waals surface area contributed by atoms with Gasteiger partial charge in [0.25, 0.3) is 0 Å². The standard InChI is InChI=1S/C23H28N4O6S/c1-26(2)34(29,30)19-10-11-20(32-5)16(14-19)9-12-22(28)27(3)15-21-24-23(25-33-21)17-7-6-8-18(13-17)31-4/h6-8,10-11,13-14H,9,12,15H2,1-5H3. The molecule has 3 rings (SSSR count). The van der Waals surface area contributed by atoms with Crippen molar-refractivity contribution in [3.8, 4) is 22.9 Å². The summed E-state index contributed by atoms with van der Waals surface area (Å²) in [6, 6.07) is 11.9. The Labute approximate surface area is 199 Å². The fraction of sp³-hybridized carbons (Fsp3) is 0.348. The zero-order valence-electron chi connectivity index (χ0n) is 19.8. The third-order valence-corrected chi connectivity index (χ3v) is 7.04. The Balaban J connectivity index is 1.66. The van der Waals surface area contributed by atoms with Gasteiger partial charge in [0.05, 0.1) is 25.7 Å². The number of carbonyl (C=O) groups is 1. The summed E-state index contributed by atoms with van der Waals surface area (Å²) in [5, 5.41) is 3.98. The Hall–Kier alpha value is -3.44. The van der Waals surface area contributed by atoms with E-state index in [0.717, 1.165) is 9.87 Å². The Morgan fingerprint density at radius 1 is 1.06 bits per heavy atom. The molecule has 0 aliphatic heterocycles. The van der Waals surface area contributed by atoms with E-state index in [9.17, 15) is 13.2 Å². The molecular weight excluding hydrogens is 460 g/mol. The van der Waals surface area contributed by atoms with E-state index in [-0.39, 0.29) is 23.8 Å². The molecule has 0 atom stereocenters. The topological polar surface area (TPSA) is 115 Å². The number of sulfonamides is 1. The van der Waals surface area contributed by atoms with E-state index in [1.807, 2.05) is 18.2 Å². The molecule has 11 heteroatoms. The molecule has 0 aliphatic carbocycles. The fourth-order valence-corrected chi connectivity index (χ4v) is 4.20. The summed E-state index contributed by atoms with van der Waals surface area (Å²) in [7, 11) is 4.06. The molecular formula is C23H28N4O6S. The van der Waals surface area contributed by atoms with Gasteiger partial charge in [-0.2, -0.15) is 4.98 Å². The number of hydrogen-bond acceptors (Lipinski definition) is 8. The van der Waals surface area contributed by atoms with Crippen LogP contribution in [0.2, 0.25) is 0 Å². The quantitative estimate of drug-likeness (QED) is 0.428. The van der Waals surface area contributed by atoms with Gasteiger partial charge < -0.3 is 18.9 Å². The molecule has 0 N–H and O–H groups in total. The molecule has 1 amide bonds. The second kappa shape index (κ2) is 10.7. The number of benzene rings is 2. The third kappa shape index (κ3) is 5.72. The van der Waals surface area contributed by atoms with E-state index in [2.05, 4.69) is 10.1 Å². The average Bonchev–Trinajstić information content (AvgIpc) is 3.30. The van der Waals surface area contributed by atoms with E-state index in [1.54, 1.807) is 32.4 Å². The van der Waals surface area contributed by atoms with Gasteiger partial charge in [-0.25, -0.2) is 12.7 Å². The highest BCUT2D eigenvalue weighted by Crippen LogP contribution is 2.25. The van der Waals surface area contributed by atoms with E-state index >= 15 is 0 Å². The van der Waals surface area contributed by atoms with Gasteiger partial charge in [0.1, 0.15) is 11.5 Å². The van der Waals surface area contributed by atoms with Crippen molar-refractivity contribution in [1.29, 1.82) is 0 Å². The van der Waals surface area contributed by atoms with Crippen LogP contribution in [-0.2, 0) is 27.8 Å². The molecule has 1 heterocycles. The van der Waals surface area contributed by atoms with Crippen LogP contribution in [0, 0.1) is 0 Å². The highest BCUT2D eigenvalue weighted by Gasteiger charge is 2.20. The maximum atomic E-state index is 12.7. The van der Waals surface area contributed by atoms with Gasteiger partial charge in [0.2, 0.25) is 27.6 Å². The number of ether oxygens (including phenoxy) is 2. The predicted octanol–water partition coefficient (Wildman–Crippen LogP) is 2.60. The van der Waals surface area contributed by atoms with Crippen LogP contribution >= 0.6 is 0 Å². The zero-order chi connectivity index (χ0) is 24.9. The van der Waals surface area contributed by atoms with Gasteiger partial charge in [-0.1, -0.05) is 17.3 Å². The van der Waals surface area contributed by atoms with Gasteiger partial charge in [-0.15, -0.1) is 0 Å². The van der Waals surface area contributed by atoms with Crippen molar-refractivity contribution < 1.29 is 27.2 Å². The number of aryl methyl sites for hydroxylation is 1. The van der Waals surface area contributed by atoms with Crippen molar-refractivity contribution in [2.45, 2.75) is 24.3 Å². The molecule has 0 unspecified atom stereocenters. The highest BCUT2D eigenvalue weighted by molar-refractivity contribution is 7.89. The first-order chi connectivity index (χ1) is 16.1. The second-order valence-electron chi connectivity index (χ2n) is 7.75. The maximum absolute atomic E-state index is 12.7. The van der Waals surface area contributed by atoms with Crippen LogP contribution in [0.3, 0.4) is 0 Å². The van der Waals surface area contributed by atoms with E-state index in [4.69, 9.17) is 14.0 Å². The van der Waals surface area contributed by atoms with Gasteiger partial charge in [-0.3, -0.25) is 4.79 Å². The molecule has 3 aromatic rings. The maximum Gasteiger partial charge on any atom is 0.246 e. The first-order valence-electron chi connectivity index (χ1n) is 10.5. The third-order valence-electron chi connectivity index (χ3n) is 5.23. The molecule has 0 aliphatic rings. The van der Waals surface area contributed by atoms with Crippen LogP contribution in [0.25, 0.3) is 11.4 Å². The van der Waals surface area contributed by atoms with Crippen molar-refractivity contribution in [3.05, 3.63) is 53.9 Å². The second-order valence-corrected chi connectivity index (χ2v) is 9.91. The number of amides is 1. The number of hydrogen-bond donors (Lipinski definition) is 0. The van der Waals surface area contributed by atoms with Gasteiger partial charge in [0.15, 0.2) is 0 Å². The monoisotopic (exact) mass is 488 g/mol. The number of aromatic nitrogens is 2. The molecule has 0 radical (unpaired) electrons. The number of nitrogens with zero attached hydrogens (tertiary/aromatic N) is 4. The Morgan fingerprint density at radius 2 is 1.82 bits per heavy atom. The summed E-state index contributed by atoms with van der Waals surface area (Å²) in [6.45, 7) is 0.141. The summed E-state index contributed by atoms with van der Waals surface area (Å²) in [5.74, 6) is 1.73. The van der Waals surface area contributed by atoms with Crippen molar-refractivity contribution in [2.24, 2.45) is 0 Å². The average molecular weight is 489 g/mol. The van der Waals surface area contributed by atoms with Crippen LogP contribution in [0.4, 0.5) is 0 Å². The molecule has 2 aromatic carbocycles. The van der Waals surface area contributed by atoms with Crippen molar-refractivity contribution in [3.63, 3.8) is 0 Å². The van der Waals surface area contributed by atoms with Crippen molar-refractivity contribution >= 4 is 15.9 Å². The fourth-order valence-electron chi connectivity index (χ4n) is 3.24. The van der Waals surface area contributed by atoms with Gasteiger partial charge >= 0.3 is 0 Å². The Morgan fingerprint density at radius 3 is 2.50 bits per heavy atom. The summed E-state index contributed by atoms with van der Waals surface area (Å²) < 4.78 is 41.9. The number of rotatable bonds is 10. The zero-order valence-corrected chi connectivity index (χ0v) is 20.6. The summed E-state index contributed by atoms with van der Waals surface area (Å²) in [5.41, 5.74) is 1.37. The normalized spacial score (nSPS) is 11.5. The largest absolute Gasteiger partial charge is 0.497 e. The van der Waals surface area contributed by atoms with E-state index in [1.165, 1.54) is 32.2 Å². The number of methoxy groups -OCH3 is 2. The molecule has 0 saturated carbocycles. The van der Waals surface area contributed by atoms with Gasteiger partial charge in [0, 0.05) is 33.1 Å². The minimum Gasteiger partial charge on any atom is -0.497 e. The Kier molecular flexibility index (Phi) is 7.90. The molecule has 0 saturated heterocycles. The molecule has 10 nitrogen and oxygen atoms in total. The number of carbonyl (C=O) groups excluding carboxylic acids is 1. The molecule has 0 bridgehead atoms. The minimum absolute atomic E-state index is 0.141. The van der Waals surface area contributed by atoms with E-state index in [0.29, 0.717) is 35.2 Å². The summed E-state index contributed by atoms with van der Waals surface area (Å²) in [6.07, 6.45) is 0.456.